The van der Waals surface area contributed by atoms with Crippen LogP contribution in [0, 0.1) is 5.82 Å². The molecule has 1 amide bonds. The Morgan fingerprint density at radius 3 is 2.90 bits per heavy atom. The fourth-order valence-electron chi connectivity index (χ4n) is 1.91. The third-order valence-corrected chi connectivity index (χ3v) is 4.56. The SMILES string of the molecule is Nc1c(C(=O)Nc2ccc(Br)cc2F)sc2cnccc12. The largest absolute Gasteiger partial charge is 0.397 e. The van der Waals surface area contributed by atoms with Crippen molar-refractivity contribution in [3.8, 4) is 0 Å². The van der Waals surface area contributed by atoms with Crippen LogP contribution in [0.4, 0.5) is 15.8 Å². The van der Waals surface area contributed by atoms with Crippen LogP contribution in [-0.4, -0.2) is 10.9 Å². The van der Waals surface area contributed by atoms with Crippen molar-refractivity contribution >= 4 is 54.6 Å². The number of thiophene rings is 1. The number of aromatic nitrogens is 1. The lowest BCUT2D eigenvalue weighted by molar-refractivity contribution is 0.103. The molecule has 106 valence electrons. The standard InChI is InChI=1S/C14H9BrFN3OS/c15-7-1-2-10(9(16)5-7)19-14(20)13-12(17)8-3-4-18-6-11(8)21-13/h1-6H,17H2,(H,19,20). The van der Waals surface area contributed by atoms with E-state index in [0.29, 0.717) is 15.0 Å². The highest BCUT2D eigenvalue weighted by molar-refractivity contribution is 9.10. The van der Waals surface area contributed by atoms with Crippen LogP contribution in [0.2, 0.25) is 0 Å². The van der Waals surface area contributed by atoms with E-state index < -0.39 is 11.7 Å². The number of anilines is 2. The molecular formula is C14H9BrFN3OS. The number of benzene rings is 1. The Bertz CT molecular complexity index is 849. The molecule has 7 heteroatoms. The molecule has 0 saturated carbocycles. The van der Waals surface area contributed by atoms with E-state index in [4.69, 9.17) is 5.73 Å². The second-order valence-electron chi connectivity index (χ2n) is 4.29. The maximum Gasteiger partial charge on any atom is 0.267 e. The average Bonchev–Trinajstić information content (AvgIpc) is 2.80. The number of hydrogen-bond donors (Lipinski definition) is 2. The van der Waals surface area contributed by atoms with Crippen LogP contribution in [0.15, 0.2) is 41.1 Å². The van der Waals surface area contributed by atoms with Gasteiger partial charge in [0.05, 0.1) is 16.1 Å². The van der Waals surface area contributed by atoms with Crippen molar-refractivity contribution in [3.63, 3.8) is 0 Å². The first kappa shape index (κ1) is 14.0. The first-order valence-electron chi connectivity index (χ1n) is 5.94. The Kier molecular flexibility index (Phi) is 3.60. The molecule has 0 aliphatic carbocycles. The van der Waals surface area contributed by atoms with Crippen molar-refractivity contribution in [2.75, 3.05) is 11.1 Å². The van der Waals surface area contributed by atoms with Gasteiger partial charge in [-0.05, 0) is 24.3 Å². The summed E-state index contributed by atoms with van der Waals surface area (Å²) in [5.74, 6) is -0.950. The number of halogens is 2. The number of nitrogens with two attached hydrogens (primary N) is 1. The topological polar surface area (TPSA) is 68.0 Å². The average molecular weight is 366 g/mol. The molecule has 3 N–H and O–H groups in total. The molecule has 0 spiro atoms. The molecule has 21 heavy (non-hydrogen) atoms. The maximum atomic E-state index is 13.7. The zero-order chi connectivity index (χ0) is 15.0. The monoisotopic (exact) mass is 365 g/mol. The van der Waals surface area contributed by atoms with Gasteiger partial charge in [-0.25, -0.2) is 4.39 Å². The smallest absolute Gasteiger partial charge is 0.267 e. The van der Waals surface area contributed by atoms with Crippen molar-refractivity contribution in [1.29, 1.82) is 0 Å². The number of nitrogens with zero attached hydrogens (tertiary/aromatic N) is 1. The number of fused-ring (bicyclic) bond motifs is 1. The van der Waals surface area contributed by atoms with Crippen molar-refractivity contribution in [2.24, 2.45) is 0 Å². The number of rotatable bonds is 2. The number of carbonyl (C=O) groups is 1. The highest BCUT2D eigenvalue weighted by Gasteiger charge is 2.17. The number of carbonyl (C=O) groups excluding carboxylic acids is 1. The lowest BCUT2D eigenvalue weighted by Crippen LogP contribution is -2.13. The van der Waals surface area contributed by atoms with Gasteiger partial charge in [0.2, 0.25) is 0 Å². The van der Waals surface area contributed by atoms with Gasteiger partial charge in [-0.15, -0.1) is 11.3 Å². The summed E-state index contributed by atoms with van der Waals surface area (Å²) in [6.07, 6.45) is 3.26. The predicted molar refractivity (Wildman–Crippen MR) is 86.1 cm³/mol. The van der Waals surface area contributed by atoms with E-state index in [0.717, 1.165) is 10.1 Å². The van der Waals surface area contributed by atoms with Crippen molar-refractivity contribution in [2.45, 2.75) is 0 Å². The number of pyridine rings is 1. The van der Waals surface area contributed by atoms with Crippen LogP contribution in [-0.2, 0) is 0 Å². The van der Waals surface area contributed by atoms with Crippen LogP contribution in [0.25, 0.3) is 10.1 Å². The van der Waals surface area contributed by atoms with Gasteiger partial charge in [0.1, 0.15) is 10.7 Å². The Labute approximate surface area is 131 Å². The quantitative estimate of drug-likeness (QED) is 0.720. The molecule has 2 heterocycles. The molecule has 0 aliphatic heterocycles. The summed E-state index contributed by atoms with van der Waals surface area (Å²) in [6, 6.07) is 6.17. The lowest BCUT2D eigenvalue weighted by atomic mass is 10.2. The molecule has 3 rings (SSSR count). The van der Waals surface area contributed by atoms with Gasteiger partial charge >= 0.3 is 0 Å². The summed E-state index contributed by atoms with van der Waals surface area (Å²) in [7, 11) is 0. The van der Waals surface area contributed by atoms with Gasteiger partial charge in [0.25, 0.3) is 5.91 Å². The molecule has 0 bridgehead atoms. The molecule has 0 aliphatic rings. The molecule has 0 radical (unpaired) electrons. The van der Waals surface area contributed by atoms with Gasteiger partial charge < -0.3 is 11.1 Å². The summed E-state index contributed by atoms with van der Waals surface area (Å²) in [6.45, 7) is 0. The van der Waals surface area contributed by atoms with Crippen LogP contribution >= 0.6 is 27.3 Å². The summed E-state index contributed by atoms with van der Waals surface area (Å²) in [5.41, 5.74) is 6.47. The van der Waals surface area contributed by atoms with Crippen LogP contribution in [0.5, 0.6) is 0 Å². The van der Waals surface area contributed by atoms with Crippen LogP contribution in [0.3, 0.4) is 0 Å². The Morgan fingerprint density at radius 2 is 2.19 bits per heavy atom. The van der Waals surface area contributed by atoms with E-state index in [1.54, 1.807) is 24.5 Å². The second-order valence-corrected chi connectivity index (χ2v) is 6.26. The number of hydrogen-bond acceptors (Lipinski definition) is 4. The summed E-state index contributed by atoms with van der Waals surface area (Å²) in [4.78, 5) is 16.6. The molecule has 0 unspecified atom stereocenters. The lowest BCUT2D eigenvalue weighted by Gasteiger charge is -2.06. The normalized spacial score (nSPS) is 10.8. The Hall–Kier alpha value is -1.99. The fraction of sp³-hybridized carbons (Fsp3) is 0. The van der Waals surface area contributed by atoms with Gasteiger partial charge in [0, 0.05) is 22.3 Å². The molecule has 0 fully saturated rings. The molecule has 2 aromatic heterocycles. The zero-order valence-electron chi connectivity index (χ0n) is 10.6. The van der Waals surface area contributed by atoms with Crippen molar-refractivity contribution < 1.29 is 9.18 Å². The Morgan fingerprint density at radius 1 is 1.38 bits per heavy atom. The molecular weight excluding hydrogens is 357 g/mol. The minimum Gasteiger partial charge on any atom is -0.397 e. The highest BCUT2D eigenvalue weighted by Crippen LogP contribution is 2.33. The number of amides is 1. The third-order valence-electron chi connectivity index (χ3n) is 2.92. The van der Waals surface area contributed by atoms with Crippen molar-refractivity contribution in [3.05, 3.63) is 51.8 Å². The summed E-state index contributed by atoms with van der Waals surface area (Å²) in [5, 5.41) is 3.31. The molecule has 0 saturated heterocycles. The minimum atomic E-state index is -0.515. The van der Waals surface area contributed by atoms with Gasteiger partial charge in [-0.3, -0.25) is 9.78 Å². The molecule has 1 aromatic carbocycles. The van der Waals surface area contributed by atoms with Crippen molar-refractivity contribution in [1.82, 2.24) is 4.98 Å². The molecule has 0 atom stereocenters. The van der Waals surface area contributed by atoms with Gasteiger partial charge in [0.15, 0.2) is 0 Å². The number of nitrogen functional groups attached to an aromatic ring is 1. The first-order valence-corrected chi connectivity index (χ1v) is 7.55. The maximum absolute atomic E-state index is 13.7. The van der Waals surface area contributed by atoms with E-state index in [9.17, 15) is 9.18 Å². The first-order chi connectivity index (χ1) is 10.1. The van der Waals surface area contributed by atoms with E-state index in [1.165, 1.54) is 23.5 Å². The van der Waals surface area contributed by atoms with Gasteiger partial charge in [-0.1, -0.05) is 15.9 Å². The third kappa shape index (κ3) is 2.62. The van der Waals surface area contributed by atoms with E-state index >= 15 is 0 Å². The molecule has 4 nitrogen and oxygen atoms in total. The zero-order valence-corrected chi connectivity index (χ0v) is 13.0. The predicted octanol–water partition coefficient (Wildman–Crippen LogP) is 4.03. The Balaban J connectivity index is 1.95. The highest BCUT2D eigenvalue weighted by atomic mass is 79.9. The molecule has 3 aromatic rings. The summed E-state index contributed by atoms with van der Waals surface area (Å²) >= 11 is 4.39. The van der Waals surface area contributed by atoms with E-state index in [-0.39, 0.29) is 5.69 Å². The van der Waals surface area contributed by atoms with Gasteiger partial charge in [-0.2, -0.15) is 0 Å². The second kappa shape index (κ2) is 5.42. The minimum absolute atomic E-state index is 0.109. The van der Waals surface area contributed by atoms with E-state index in [2.05, 4.69) is 26.2 Å². The van der Waals surface area contributed by atoms with Crippen LogP contribution < -0.4 is 11.1 Å². The summed E-state index contributed by atoms with van der Waals surface area (Å²) < 4.78 is 15.2. The van der Waals surface area contributed by atoms with E-state index in [1.807, 2.05) is 0 Å². The van der Waals surface area contributed by atoms with Crippen LogP contribution in [0.1, 0.15) is 9.67 Å². The fourth-order valence-corrected chi connectivity index (χ4v) is 3.23. The number of nitrogens with one attached hydrogen (secondary N) is 1.